The van der Waals surface area contributed by atoms with E-state index in [1.54, 1.807) is 0 Å². The van der Waals surface area contributed by atoms with Crippen LogP contribution in [0.25, 0.3) is 27.0 Å². The highest BCUT2D eigenvalue weighted by atomic mass is 32.1. The van der Waals surface area contributed by atoms with Crippen LogP contribution in [0.15, 0.2) is 29.7 Å². The van der Waals surface area contributed by atoms with Crippen molar-refractivity contribution in [3.05, 3.63) is 46.3 Å². The van der Waals surface area contributed by atoms with E-state index in [2.05, 4.69) is 28.2 Å². The van der Waals surface area contributed by atoms with Gasteiger partial charge < -0.3 is 10.0 Å². The highest BCUT2D eigenvalue weighted by Gasteiger charge is 2.31. The monoisotopic (exact) mass is 405 g/mol. The summed E-state index contributed by atoms with van der Waals surface area (Å²) in [7, 11) is 2.07. The summed E-state index contributed by atoms with van der Waals surface area (Å²) in [5.74, 6) is -0.458. The third-order valence-corrected chi connectivity index (χ3v) is 6.07. The van der Waals surface area contributed by atoms with Gasteiger partial charge in [0.15, 0.2) is 0 Å². The molecular weight excluding hydrogens is 387 g/mol. The van der Waals surface area contributed by atoms with Crippen molar-refractivity contribution in [1.82, 2.24) is 15.1 Å². The van der Waals surface area contributed by atoms with Crippen LogP contribution in [0, 0.1) is 6.92 Å². The Morgan fingerprint density at radius 1 is 1.18 bits per heavy atom. The fourth-order valence-corrected chi connectivity index (χ4v) is 4.51. The van der Waals surface area contributed by atoms with Gasteiger partial charge >= 0.3 is 6.18 Å². The molecule has 0 saturated carbocycles. The zero-order valence-corrected chi connectivity index (χ0v) is 16.2. The third kappa shape index (κ3) is 3.27. The quantitative estimate of drug-likeness (QED) is 0.644. The summed E-state index contributed by atoms with van der Waals surface area (Å²) >= 11 is 1.53. The number of aromatic hydroxyl groups is 1. The molecule has 0 spiro atoms. The minimum atomic E-state index is -4.51. The topological polar surface area (TPSA) is 49.3 Å². The van der Waals surface area contributed by atoms with E-state index in [-0.39, 0.29) is 5.56 Å². The Hall–Kier alpha value is -2.45. The molecule has 1 aliphatic rings. The second-order valence-corrected chi connectivity index (χ2v) is 7.87. The van der Waals surface area contributed by atoms with Gasteiger partial charge in [0.2, 0.25) is 0 Å². The second-order valence-electron chi connectivity index (χ2n) is 6.99. The lowest BCUT2D eigenvalue weighted by Crippen LogP contribution is -2.24. The lowest BCUT2D eigenvalue weighted by Gasteiger charge is -2.22. The van der Waals surface area contributed by atoms with Crippen molar-refractivity contribution in [3.8, 4) is 17.0 Å². The molecule has 4 nitrogen and oxygen atoms in total. The highest BCUT2D eigenvalue weighted by molar-refractivity contribution is 7.17. The van der Waals surface area contributed by atoms with Gasteiger partial charge in [-0.05, 0) is 49.7 Å². The first-order valence-corrected chi connectivity index (χ1v) is 9.66. The predicted octanol–water partition coefficient (Wildman–Crippen LogP) is 5.11. The standard InChI is InChI=1S/C20H18F3N3OS/c1-11-17(14-6-5-13(8-16(14)27)20(21,22)23)24-25-18-15(10-28-19(11)18)12-4-3-7-26(2)9-12/h4-6,8,10,27H,3,7,9H2,1-2H3. The Kier molecular flexibility index (Phi) is 4.63. The van der Waals surface area contributed by atoms with Crippen molar-refractivity contribution in [3.63, 3.8) is 0 Å². The second kappa shape index (κ2) is 6.86. The van der Waals surface area contributed by atoms with Crippen LogP contribution in [-0.2, 0) is 6.18 Å². The first-order chi connectivity index (χ1) is 13.3. The van der Waals surface area contributed by atoms with Gasteiger partial charge in [0.05, 0.1) is 10.3 Å². The zero-order valence-electron chi connectivity index (χ0n) is 15.3. The molecule has 4 rings (SSSR count). The zero-order chi connectivity index (χ0) is 20.1. The summed E-state index contributed by atoms with van der Waals surface area (Å²) in [5, 5.41) is 20.8. The van der Waals surface area contributed by atoms with E-state index in [0.717, 1.165) is 53.0 Å². The van der Waals surface area contributed by atoms with Crippen molar-refractivity contribution in [2.75, 3.05) is 20.1 Å². The van der Waals surface area contributed by atoms with Gasteiger partial charge in [0, 0.05) is 29.6 Å². The van der Waals surface area contributed by atoms with Crippen LogP contribution >= 0.6 is 11.3 Å². The molecule has 0 radical (unpaired) electrons. The number of alkyl halides is 3. The summed E-state index contributed by atoms with van der Waals surface area (Å²) in [4.78, 5) is 2.24. The maximum absolute atomic E-state index is 12.9. The average molecular weight is 405 g/mol. The summed E-state index contributed by atoms with van der Waals surface area (Å²) in [6.07, 6.45) is -1.31. The molecule has 8 heteroatoms. The van der Waals surface area contributed by atoms with Gasteiger partial charge in [-0.25, -0.2) is 0 Å². The smallest absolute Gasteiger partial charge is 0.416 e. The highest BCUT2D eigenvalue weighted by Crippen LogP contribution is 2.40. The SMILES string of the molecule is Cc1c(-c2ccc(C(F)(F)F)cc2O)nnc2c(C3=CCCN(C)C3)csc12. The van der Waals surface area contributed by atoms with Crippen molar-refractivity contribution in [1.29, 1.82) is 0 Å². The molecule has 1 N–H and O–H groups in total. The van der Waals surface area contributed by atoms with Gasteiger partial charge in [0.25, 0.3) is 0 Å². The molecule has 0 aliphatic carbocycles. The number of likely N-dealkylation sites (N-methyl/N-ethyl adjacent to an activating group) is 1. The molecule has 0 fully saturated rings. The predicted molar refractivity (Wildman–Crippen MR) is 104 cm³/mol. The number of phenolic OH excluding ortho intramolecular Hbond substituents is 1. The fourth-order valence-electron chi connectivity index (χ4n) is 3.48. The molecule has 1 aliphatic heterocycles. The minimum Gasteiger partial charge on any atom is -0.507 e. The number of halogens is 3. The molecular formula is C20H18F3N3OS. The van der Waals surface area contributed by atoms with E-state index in [1.807, 2.05) is 12.3 Å². The van der Waals surface area contributed by atoms with Crippen molar-refractivity contribution in [2.45, 2.75) is 19.5 Å². The molecule has 0 unspecified atom stereocenters. The van der Waals surface area contributed by atoms with Gasteiger partial charge in [-0.3, -0.25) is 0 Å². The molecule has 0 atom stereocenters. The number of phenols is 1. The molecule has 1 aromatic carbocycles. The Bertz CT molecular complexity index is 1090. The van der Waals surface area contributed by atoms with Crippen molar-refractivity contribution < 1.29 is 18.3 Å². The summed E-state index contributed by atoms with van der Waals surface area (Å²) in [6, 6.07) is 2.92. The number of benzene rings is 1. The number of fused-ring (bicyclic) bond motifs is 1. The molecule has 0 bridgehead atoms. The number of hydrogen-bond acceptors (Lipinski definition) is 5. The van der Waals surface area contributed by atoms with Crippen LogP contribution in [0.4, 0.5) is 13.2 Å². The molecule has 146 valence electrons. The number of nitrogens with zero attached hydrogens (tertiary/aromatic N) is 3. The fraction of sp³-hybridized carbons (Fsp3) is 0.300. The van der Waals surface area contributed by atoms with E-state index in [4.69, 9.17) is 0 Å². The van der Waals surface area contributed by atoms with Crippen molar-refractivity contribution in [2.24, 2.45) is 0 Å². The van der Waals surface area contributed by atoms with Crippen LogP contribution in [0.2, 0.25) is 0 Å². The van der Waals surface area contributed by atoms with Crippen LogP contribution in [0.5, 0.6) is 5.75 Å². The molecule has 3 aromatic rings. The first-order valence-electron chi connectivity index (χ1n) is 8.78. The molecule has 2 aromatic heterocycles. The number of aromatic nitrogens is 2. The van der Waals surface area contributed by atoms with E-state index < -0.39 is 17.5 Å². The maximum Gasteiger partial charge on any atom is 0.416 e. The van der Waals surface area contributed by atoms with Crippen LogP contribution in [-0.4, -0.2) is 40.3 Å². The van der Waals surface area contributed by atoms with E-state index in [1.165, 1.54) is 23.0 Å². The molecule has 0 amide bonds. The number of aryl methyl sites for hydroxylation is 1. The van der Waals surface area contributed by atoms with E-state index in [0.29, 0.717) is 5.69 Å². The number of hydrogen-bond donors (Lipinski definition) is 1. The number of thiophene rings is 1. The van der Waals surface area contributed by atoms with Gasteiger partial charge in [0.1, 0.15) is 17.0 Å². The van der Waals surface area contributed by atoms with Crippen LogP contribution < -0.4 is 0 Å². The lowest BCUT2D eigenvalue weighted by molar-refractivity contribution is -0.137. The van der Waals surface area contributed by atoms with E-state index >= 15 is 0 Å². The van der Waals surface area contributed by atoms with Gasteiger partial charge in [-0.2, -0.15) is 13.2 Å². The Morgan fingerprint density at radius 2 is 1.96 bits per heavy atom. The first kappa shape index (κ1) is 18.9. The summed E-state index contributed by atoms with van der Waals surface area (Å²) < 4.78 is 39.5. The Morgan fingerprint density at radius 3 is 2.64 bits per heavy atom. The van der Waals surface area contributed by atoms with Gasteiger partial charge in [-0.1, -0.05) is 6.08 Å². The Balaban J connectivity index is 1.79. The number of rotatable bonds is 2. The maximum atomic E-state index is 12.9. The molecule has 28 heavy (non-hydrogen) atoms. The third-order valence-electron chi connectivity index (χ3n) is 4.98. The van der Waals surface area contributed by atoms with E-state index in [9.17, 15) is 18.3 Å². The largest absolute Gasteiger partial charge is 0.507 e. The average Bonchev–Trinajstić information content (AvgIpc) is 3.07. The van der Waals surface area contributed by atoms with Crippen molar-refractivity contribution >= 4 is 27.1 Å². The Labute approximate surface area is 163 Å². The normalized spacial score (nSPS) is 15.8. The van der Waals surface area contributed by atoms with Gasteiger partial charge in [-0.15, -0.1) is 21.5 Å². The summed E-state index contributed by atoms with van der Waals surface area (Å²) in [6.45, 7) is 3.72. The molecule has 3 heterocycles. The minimum absolute atomic E-state index is 0.242. The van der Waals surface area contributed by atoms with Crippen LogP contribution in [0.1, 0.15) is 23.1 Å². The lowest BCUT2D eigenvalue weighted by atomic mass is 10.0. The molecule has 0 saturated heterocycles. The van der Waals surface area contributed by atoms with Crippen LogP contribution in [0.3, 0.4) is 0 Å². The summed E-state index contributed by atoms with van der Waals surface area (Å²) in [5.41, 5.74) is 3.57.